The Bertz CT molecular complexity index is 398. The molecule has 0 radical (unpaired) electrons. The van der Waals surface area contributed by atoms with Crippen LogP contribution in [0.15, 0.2) is 24.3 Å². The fourth-order valence-corrected chi connectivity index (χ4v) is 1.99. The molecule has 1 rings (SSSR count). The number of benzene rings is 1. The molecular formula is C17H27NO2. The van der Waals surface area contributed by atoms with Crippen LogP contribution < -0.4 is 5.32 Å². The van der Waals surface area contributed by atoms with Crippen molar-refractivity contribution in [1.29, 1.82) is 0 Å². The molecule has 0 aliphatic carbocycles. The van der Waals surface area contributed by atoms with Crippen molar-refractivity contribution in [3.8, 4) is 0 Å². The van der Waals surface area contributed by atoms with Gasteiger partial charge in [-0.25, -0.2) is 0 Å². The summed E-state index contributed by atoms with van der Waals surface area (Å²) < 4.78 is 0. The molecule has 1 atom stereocenters. The van der Waals surface area contributed by atoms with Crippen LogP contribution in [-0.2, 0) is 11.2 Å². The van der Waals surface area contributed by atoms with Gasteiger partial charge in [0.15, 0.2) is 0 Å². The molecule has 0 fully saturated rings. The normalized spacial score (nSPS) is 12.4. The van der Waals surface area contributed by atoms with Crippen LogP contribution in [0.3, 0.4) is 0 Å². The number of aliphatic hydroxyl groups excluding tert-OH is 1. The van der Waals surface area contributed by atoms with Gasteiger partial charge in [0.05, 0.1) is 6.10 Å². The third-order valence-electron chi connectivity index (χ3n) is 3.52. The summed E-state index contributed by atoms with van der Waals surface area (Å²) in [5.41, 5.74) is 2.54. The van der Waals surface area contributed by atoms with E-state index in [0.717, 1.165) is 12.8 Å². The number of hydrogen-bond acceptors (Lipinski definition) is 2. The molecule has 0 heterocycles. The number of aliphatic hydroxyl groups is 1. The highest BCUT2D eigenvalue weighted by molar-refractivity contribution is 5.75. The van der Waals surface area contributed by atoms with Crippen LogP contribution >= 0.6 is 0 Å². The molecule has 0 aliphatic heterocycles. The number of carbonyl (C=O) groups is 1. The Morgan fingerprint density at radius 1 is 1.25 bits per heavy atom. The van der Waals surface area contributed by atoms with Gasteiger partial charge in [0, 0.05) is 13.0 Å². The average molecular weight is 277 g/mol. The maximum Gasteiger partial charge on any atom is 0.220 e. The van der Waals surface area contributed by atoms with E-state index >= 15 is 0 Å². The summed E-state index contributed by atoms with van der Waals surface area (Å²) in [4.78, 5) is 11.6. The first-order chi connectivity index (χ1) is 9.49. The van der Waals surface area contributed by atoms with E-state index in [2.05, 4.69) is 36.5 Å². The van der Waals surface area contributed by atoms with Crippen molar-refractivity contribution in [2.75, 3.05) is 6.54 Å². The van der Waals surface area contributed by atoms with E-state index in [9.17, 15) is 9.90 Å². The van der Waals surface area contributed by atoms with E-state index < -0.39 is 0 Å². The topological polar surface area (TPSA) is 49.3 Å². The van der Waals surface area contributed by atoms with E-state index in [1.807, 2.05) is 13.8 Å². The lowest BCUT2D eigenvalue weighted by Gasteiger charge is -2.14. The Hall–Kier alpha value is -1.35. The lowest BCUT2D eigenvalue weighted by molar-refractivity contribution is -0.121. The molecule has 20 heavy (non-hydrogen) atoms. The van der Waals surface area contributed by atoms with Gasteiger partial charge < -0.3 is 10.4 Å². The van der Waals surface area contributed by atoms with Crippen molar-refractivity contribution >= 4 is 5.91 Å². The predicted octanol–water partition coefficient (Wildman–Crippen LogP) is 2.84. The average Bonchev–Trinajstić information content (AvgIpc) is 2.40. The second-order valence-corrected chi connectivity index (χ2v) is 5.79. The molecule has 3 heteroatoms. The second kappa shape index (κ2) is 8.75. The van der Waals surface area contributed by atoms with Crippen molar-refractivity contribution in [3.63, 3.8) is 0 Å². The van der Waals surface area contributed by atoms with Gasteiger partial charge in [-0.05, 0) is 37.7 Å². The molecule has 1 aromatic rings. The van der Waals surface area contributed by atoms with E-state index in [1.165, 1.54) is 11.1 Å². The number of aryl methyl sites for hydroxylation is 2. The summed E-state index contributed by atoms with van der Waals surface area (Å²) in [6.45, 7) is 6.59. The van der Waals surface area contributed by atoms with E-state index in [1.54, 1.807) is 0 Å². The van der Waals surface area contributed by atoms with Crippen LogP contribution in [0.25, 0.3) is 0 Å². The van der Waals surface area contributed by atoms with Crippen LogP contribution in [0.5, 0.6) is 0 Å². The molecule has 1 aromatic carbocycles. The molecule has 112 valence electrons. The molecule has 0 aromatic heterocycles. The number of hydrogen-bond donors (Lipinski definition) is 2. The highest BCUT2D eigenvalue weighted by Gasteiger charge is 2.09. The zero-order valence-corrected chi connectivity index (χ0v) is 12.9. The molecule has 2 N–H and O–H groups in total. The Morgan fingerprint density at radius 2 is 1.90 bits per heavy atom. The zero-order chi connectivity index (χ0) is 15.0. The van der Waals surface area contributed by atoms with Gasteiger partial charge in [-0.2, -0.15) is 0 Å². The second-order valence-electron chi connectivity index (χ2n) is 5.79. The maximum atomic E-state index is 11.6. The molecule has 0 spiro atoms. The van der Waals surface area contributed by atoms with E-state index in [-0.39, 0.29) is 17.9 Å². The fourth-order valence-electron chi connectivity index (χ4n) is 1.99. The van der Waals surface area contributed by atoms with E-state index in [4.69, 9.17) is 0 Å². The summed E-state index contributed by atoms with van der Waals surface area (Å²) >= 11 is 0. The third kappa shape index (κ3) is 6.71. The highest BCUT2D eigenvalue weighted by atomic mass is 16.3. The minimum atomic E-state index is -0.331. The monoisotopic (exact) mass is 277 g/mol. The van der Waals surface area contributed by atoms with Gasteiger partial charge in [-0.3, -0.25) is 4.79 Å². The van der Waals surface area contributed by atoms with Crippen LogP contribution in [0, 0.1) is 12.8 Å². The van der Waals surface area contributed by atoms with Crippen molar-refractivity contribution < 1.29 is 9.90 Å². The van der Waals surface area contributed by atoms with Crippen molar-refractivity contribution in [3.05, 3.63) is 35.4 Å². The predicted molar refractivity (Wildman–Crippen MR) is 82.6 cm³/mol. The molecule has 0 saturated heterocycles. The largest absolute Gasteiger partial charge is 0.393 e. The SMILES string of the molecule is Cc1ccc(CCCC(=O)NCCC(O)C(C)C)cc1. The Morgan fingerprint density at radius 3 is 2.50 bits per heavy atom. The Labute approximate surface area is 122 Å². The van der Waals surface area contributed by atoms with Crippen molar-refractivity contribution in [2.45, 2.75) is 52.6 Å². The fraction of sp³-hybridized carbons (Fsp3) is 0.588. The smallest absolute Gasteiger partial charge is 0.220 e. The zero-order valence-electron chi connectivity index (χ0n) is 12.9. The molecule has 0 bridgehead atoms. The number of amides is 1. The Kier molecular flexibility index (Phi) is 7.31. The first-order valence-electron chi connectivity index (χ1n) is 7.49. The van der Waals surface area contributed by atoms with Gasteiger partial charge in [-0.1, -0.05) is 43.7 Å². The summed E-state index contributed by atoms with van der Waals surface area (Å²) in [5.74, 6) is 0.321. The Balaban J connectivity index is 2.12. The van der Waals surface area contributed by atoms with E-state index in [0.29, 0.717) is 19.4 Å². The van der Waals surface area contributed by atoms with Crippen LogP contribution in [0.4, 0.5) is 0 Å². The quantitative estimate of drug-likeness (QED) is 0.767. The summed E-state index contributed by atoms with van der Waals surface area (Å²) in [6, 6.07) is 8.43. The number of nitrogens with one attached hydrogen (secondary N) is 1. The van der Waals surface area contributed by atoms with Gasteiger partial charge in [0.1, 0.15) is 0 Å². The molecular weight excluding hydrogens is 250 g/mol. The van der Waals surface area contributed by atoms with Crippen LogP contribution in [0.1, 0.15) is 44.2 Å². The van der Waals surface area contributed by atoms with Gasteiger partial charge in [0.2, 0.25) is 5.91 Å². The first-order valence-corrected chi connectivity index (χ1v) is 7.49. The third-order valence-corrected chi connectivity index (χ3v) is 3.52. The van der Waals surface area contributed by atoms with Crippen LogP contribution in [-0.4, -0.2) is 23.7 Å². The van der Waals surface area contributed by atoms with Crippen molar-refractivity contribution in [2.24, 2.45) is 5.92 Å². The lowest BCUT2D eigenvalue weighted by atomic mass is 10.0. The maximum absolute atomic E-state index is 11.6. The number of rotatable bonds is 8. The van der Waals surface area contributed by atoms with Crippen LogP contribution in [0.2, 0.25) is 0 Å². The van der Waals surface area contributed by atoms with Gasteiger partial charge in [0.25, 0.3) is 0 Å². The molecule has 0 aliphatic rings. The molecule has 1 amide bonds. The minimum absolute atomic E-state index is 0.0769. The number of carbonyl (C=O) groups excluding carboxylic acids is 1. The molecule has 3 nitrogen and oxygen atoms in total. The van der Waals surface area contributed by atoms with Crippen molar-refractivity contribution in [1.82, 2.24) is 5.32 Å². The first kappa shape index (κ1) is 16.7. The van der Waals surface area contributed by atoms with Gasteiger partial charge in [-0.15, -0.1) is 0 Å². The molecule has 0 saturated carbocycles. The molecule has 1 unspecified atom stereocenters. The summed E-state index contributed by atoms with van der Waals surface area (Å²) in [5, 5.41) is 12.5. The van der Waals surface area contributed by atoms with Gasteiger partial charge >= 0.3 is 0 Å². The standard InChI is InChI=1S/C17H27NO2/c1-13(2)16(19)11-12-18-17(20)6-4-5-15-9-7-14(3)8-10-15/h7-10,13,16,19H,4-6,11-12H2,1-3H3,(H,18,20). The summed E-state index contributed by atoms with van der Waals surface area (Å²) in [6.07, 6.45) is 2.64. The minimum Gasteiger partial charge on any atom is -0.393 e. The summed E-state index contributed by atoms with van der Waals surface area (Å²) in [7, 11) is 0. The highest BCUT2D eigenvalue weighted by Crippen LogP contribution is 2.07. The lowest BCUT2D eigenvalue weighted by Crippen LogP contribution is -2.28.